The van der Waals surface area contributed by atoms with Crippen LogP contribution in [-0.4, -0.2) is 5.78 Å². The zero-order valence-electron chi connectivity index (χ0n) is 8.74. The van der Waals surface area contributed by atoms with E-state index in [9.17, 15) is 4.79 Å². The first kappa shape index (κ1) is 10.2. The van der Waals surface area contributed by atoms with Crippen molar-refractivity contribution < 1.29 is 9.21 Å². The summed E-state index contributed by atoms with van der Waals surface area (Å²) in [5.41, 5.74) is 0. The Morgan fingerprint density at radius 3 is 2.67 bits per heavy atom. The van der Waals surface area contributed by atoms with Crippen LogP contribution in [-0.2, 0) is 6.42 Å². The highest BCUT2D eigenvalue weighted by Gasteiger charge is 2.14. The molecule has 0 spiro atoms. The minimum absolute atomic E-state index is 0.0206. The smallest absolute Gasteiger partial charge is 0.238 e. The number of aryl methyl sites for hydroxylation is 2. The van der Waals surface area contributed by atoms with Crippen molar-refractivity contribution >= 4 is 17.1 Å². The van der Waals surface area contributed by atoms with Gasteiger partial charge in [0.05, 0.1) is 4.88 Å². The molecule has 3 heteroatoms. The Morgan fingerprint density at radius 2 is 2.13 bits per heavy atom. The molecule has 0 fully saturated rings. The highest BCUT2D eigenvalue weighted by atomic mass is 32.1. The van der Waals surface area contributed by atoms with E-state index < -0.39 is 0 Å². The van der Waals surface area contributed by atoms with Crippen molar-refractivity contribution in [1.29, 1.82) is 0 Å². The van der Waals surface area contributed by atoms with Gasteiger partial charge in [-0.15, -0.1) is 11.3 Å². The molecule has 15 heavy (non-hydrogen) atoms. The van der Waals surface area contributed by atoms with Crippen molar-refractivity contribution in [2.75, 3.05) is 0 Å². The van der Waals surface area contributed by atoms with E-state index in [2.05, 4.69) is 6.92 Å². The number of ketones is 1. The Bertz CT molecular complexity index is 479. The largest absolute Gasteiger partial charge is 0.458 e. The van der Waals surface area contributed by atoms with Gasteiger partial charge in [-0.2, -0.15) is 0 Å². The van der Waals surface area contributed by atoms with Crippen molar-refractivity contribution in [3.05, 3.63) is 45.5 Å². The zero-order chi connectivity index (χ0) is 10.8. The van der Waals surface area contributed by atoms with Crippen LogP contribution in [0.4, 0.5) is 0 Å². The SMILES string of the molecule is CCc1ccc(C(=O)c2ccc(C)o2)s1. The molecular weight excluding hydrogens is 208 g/mol. The number of hydrogen-bond donors (Lipinski definition) is 0. The van der Waals surface area contributed by atoms with Gasteiger partial charge >= 0.3 is 0 Å². The molecule has 0 saturated heterocycles. The zero-order valence-corrected chi connectivity index (χ0v) is 9.56. The van der Waals surface area contributed by atoms with E-state index in [0.29, 0.717) is 5.76 Å². The van der Waals surface area contributed by atoms with Crippen LogP contribution in [0.1, 0.15) is 33.0 Å². The average Bonchev–Trinajstić information content (AvgIpc) is 2.84. The summed E-state index contributed by atoms with van der Waals surface area (Å²) in [6.07, 6.45) is 0.967. The number of carbonyl (C=O) groups is 1. The van der Waals surface area contributed by atoms with Gasteiger partial charge in [0.1, 0.15) is 5.76 Å². The Kier molecular flexibility index (Phi) is 2.73. The molecule has 0 aliphatic rings. The van der Waals surface area contributed by atoms with Crippen LogP contribution in [0.5, 0.6) is 0 Å². The fraction of sp³-hybridized carbons (Fsp3) is 0.250. The fourth-order valence-electron chi connectivity index (χ4n) is 1.37. The van der Waals surface area contributed by atoms with E-state index in [1.54, 1.807) is 6.07 Å². The molecule has 2 nitrogen and oxygen atoms in total. The maximum absolute atomic E-state index is 11.9. The molecular formula is C12H12O2S. The molecule has 0 unspecified atom stereocenters. The first-order chi connectivity index (χ1) is 7.20. The van der Waals surface area contributed by atoms with Crippen LogP contribution >= 0.6 is 11.3 Å². The van der Waals surface area contributed by atoms with Crippen molar-refractivity contribution in [3.63, 3.8) is 0 Å². The Hall–Kier alpha value is -1.35. The van der Waals surface area contributed by atoms with Gasteiger partial charge in [0, 0.05) is 4.88 Å². The lowest BCUT2D eigenvalue weighted by molar-refractivity contribution is 0.101. The molecule has 2 rings (SSSR count). The molecule has 2 aromatic rings. The topological polar surface area (TPSA) is 30.2 Å². The Balaban J connectivity index is 2.28. The van der Waals surface area contributed by atoms with Gasteiger partial charge in [0.25, 0.3) is 0 Å². The predicted molar refractivity (Wildman–Crippen MR) is 60.6 cm³/mol. The summed E-state index contributed by atoms with van der Waals surface area (Å²) < 4.78 is 5.30. The number of furan rings is 1. The second kappa shape index (κ2) is 4.03. The highest BCUT2D eigenvalue weighted by Crippen LogP contribution is 2.21. The van der Waals surface area contributed by atoms with Crippen molar-refractivity contribution in [2.24, 2.45) is 0 Å². The van der Waals surface area contributed by atoms with Crippen LogP contribution in [0, 0.1) is 6.92 Å². The lowest BCUT2D eigenvalue weighted by atomic mass is 10.2. The number of hydrogen-bond acceptors (Lipinski definition) is 3. The Morgan fingerprint density at radius 1 is 1.33 bits per heavy atom. The standard InChI is InChI=1S/C12H12O2S/c1-3-9-5-7-11(15-9)12(13)10-6-4-8(2)14-10/h4-7H,3H2,1-2H3. The van der Waals surface area contributed by atoms with Crippen LogP contribution in [0.3, 0.4) is 0 Å². The minimum atomic E-state index is -0.0206. The monoisotopic (exact) mass is 220 g/mol. The van der Waals surface area contributed by atoms with E-state index in [1.807, 2.05) is 25.1 Å². The number of rotatable bonds is 3. The first-order valence-electron chi connectivity index (χ1n) is 4.90. The summed E-state index contributed by atoms with van der Waals surface area (Å²) in [5.74, 6) is 1.18. The average molecular weight is 220 g/mol. The van der Waals surface area contributed by atoms with Gasteiger partial charge in [0.15, 0.2) is 5.76 Å². The fourth-order valence-corrected chi connectivity index (χ4v) is 2.26. The van der Waals surface area contributed by atoms with E-state index >= 15 is 0 Å². The van der Waals surface area contributed by atoms with E-state index in [4.69, 9.17) is 4.42 Å². The summed E-state index contributed by atoms with van der Waals surface area (Å²) in [5, 5.41) is 0. The van der Waals surface area contributed by atoms with Gasteiger partial charge in [-0.3, -0.25) is 4.79 Å². The maximum atomic E-state index is 11.9. The van der Waals surface area contributed by atoms with Crippen LogP contribution in [0.25, 0.3) is 0 Å². The molecule has 0 N–H and O–H groups in total. The summed E-state index contributed by atoms with van der Waals surface area (Å²) in [7, 11) is 0. The van der Waals surface area contributed by atoms with Crippen molar-refractivity contribution in [2.45, 2.75) is 20.3 Å². The molecule has 78 valence electrons. The lowest BCUT2D eigenvalue weighted by Gasteiger charge is -1.91. The molecule has 0 aliphatic carbocycles. The quantitative estimate of drug-likeness (QED) is 0.742. The molecule has 0 radical (unpaired) electrons. The summed E-state index contributed by atoms with van der Waals surface area (Å²) in [6, 6.07) is 7.39. The molecule has 0 saturated carbocycles. The molecule has 0 bridgehead atoms. The molecule has 0 amide bonds. The van der Waals surface area contributed by atoms with Crippen LogP contribution in [0.15, 0.2) is 28.7 Å². The van der Waals surface area contributed by atoms with Gasteiger partial charge in [-0.05, 0) is 37.6 Å². The lowest BCUT2D eigenvalue weighted by Crippen LogP contribution is -1.95. The predicted octanol–water partition coefficient (Wildman–Crippen LogP) is 3.44. The summed E-state index contributed by atoms with van der Waals surface area (Å²) in [6.45, 7) is 3.92. The van der Waals surface area contributed by atoms with Gasteiger partial charge < -0.3 is 4.42 Å². The van der Waals surface area contributed by atoms with Crippen LogP contribution in [0.2, 0.25) is 0 Å². The third-order valence-electron chi connectivity index (χ3n) is 2.20. The van der Waals surface area contributed by atoms with Crippen molar-refractivity contribution in [1.82, 2.24) is 0 Å². The van der Waals surface area contributed by atoms with Gasteiger partial charge in [0.2, 0.25) is 5.78 Å². The maximum Gasteiger partial charge on any atom is 0.238 e. The van der Waals surface area contributed by atoms with E-state index in [0.717, 1.165) is 17.1 Å². The first-order valence-corrected chi connectivity index (χ1v) is 5.72. The van der Waals surface area contributed by atoms with E-state index in [1.165, 1.54) is 16.2 Å². The summed E-state index contributed by atoms with van der Waals surface area (Å²) in [4.78, 5) is 13.9. The van der Waals surface area contributed by atoms with Crippen LogP contribution < -0.4 is 0 Å². The molecule has 2 aromatic heterocycles. The van der Waals surface area contributed by atoms with Gasteiger partial charge in [-0.1, -0.05) is 6.92 Å². The number of thiophene rings is 1. The molecule has 0 aliphatic heterocycles. The second-order valence-corrected chi connectivity index (χ2v) is 4.53. The second-order valence-electron chi connectivity index (χ2n) is 3.36. The number of carbonyl (C=O) groups excluding carboxylic acids is 1. The highest BCUT2D eigenvalue weighted by molar-refractivity contribution is 7.14. The molecule has 2 heterocycles. The molecule has 0 aromatic carbocycles. The third-order valence-corrected chi connectivity index (χ3v) is 3.43. The molecule has 0 atom stereocenters. The third kappa shape index (κ3) is 2.02. The normalized spacial score (nSPS) is 10.5. The minimum Gasteiger partial charge on any atom is -0.458 e. The Labute approximate surface area is 92.5 Å². The van der Waals surface area contributed by atoms with E-state index in [-0.39, 0.29) is 5.78 Å². The summed E-state index contributed by atoms with van der Waals surface area (Å²) >= 11 is 1.54. The van der Waals surface area contributed by atoms with Gasteiger partial charge in [-0.25, -0.2) is 0 Å². The van der Waals surface area contributed by atoms with Crippen molar-refractivity contribution in [3.8, 4) is 0 Å².